The summed E-state index contributed by atoms with van der Waals surface area (Å²) in [5.41, 5.74) is 0.455. The fourth-order valence-electron chi connectivity index (χ4n) is 3.49. The minimum atomic E-state index is -0.500. The zero-order chi connectivity index (χ0) is 15.0. The van der Waals surface area contributed by atoms with E-state index in [1.165, 1.54) is 37.8 Å². The van der Waals surface area contributed by atoms with Crippen LogP contribution < -0.4 is 10.6 Å². The molecule has 0 saturated heterocycles. The van der Waals surface area contributed by atoms with Gasteiger partial charge < -0.3 is 10.6 Å². The van der Waals surface area contributed by atoms with Gasteiger partial charge in [-0.3, -0.25) is 10.1 Å². The molecule has 3 rings (SSSR count). The highest BCUT2D eigenvalue weighted by Gasteiger charge is 2.39. The molecular formula is C14H16ClN3O2S. The van der Waals surface area contributed by atoms with Crippen LogP contribution in [0.3, 0.4) is 0 Å². The topological polar surface area (TPSA) is 67.2 Å². The van der Waals surface area contributed by atoms with E-state index >= 15 is 0 Å². The predicted octanol–water partition coefficient (Wildman–Crippen LogP) is 3.72. The number of nitro benzene ring substituents is 1. The van der Waals surface area contributed by atoms with Gasteiger partial charge >= 0.3 is 0 Å². The predicted molar refractivity (Wildman–Crippen MR) is 86.7 cm³/mol. The van der Waals surface area contributed by atoms with Gasteiger partial charge in [0.05, 0.1) is 4.92 Å². The van der Waals surface area contributed by atoms with Crippen LogP contribution in [-0.2, 0) is 0 Å². The minimum absolute atomic E-state index is 0.121. The standard InChI is InChI=1S/C14H16ClN3O2S/c15-11-4-3-10(7-13(11)18(19)20)16-14(21)17-12-6-8-1-2-9(12)5-8/h3-4,7-9,12H,1-2,5-6H2,(H2,16,17,21). The van der Waals surface area contributed by atoms with Crippen molar-refractivity contribution >= 4 is 40.3 Å². The van der Waals surface area contributed by atoms with Crippen molar-refractivity contribution in [2.45, 2.75) is 31.7 Å². The molecule has 1 aromatic rings. The third kappa shape index (κ3) is 3.11. The van der Waals surface area contributed by atoms with Crippen LogP contribution in [0.5, 0.6) is 0 Å². The zero-order valence-electron chi connectivity index (χ0n) is 11.3. The van der Waals surface area contributed by atoms with Gasteiger partial charge in [-0.1, -0.05) is 18.0 Å². The molecule has 2 N–H and O–H groups in total. The molecule has 0 heterocycles. The van der Waals surface area contributed by atoms with Crippen LogP contribution in [0.15, 0.2) is 18.2 Å². The summed E-state index contributed by atoms with van der Waals surface area (Å²) in [6, 6.07) is 5.02. The van der Waals surface area contributed by atoms with Crippen LogP contribution >= 0.6 is 23.8 Å². The molecule has 112 valence electrons. The van der Waals surface area contributed by atoms with Crippen LogP contribution in [-0.4, -0.2) is 16.1 Å². The van der Waals surface area contributed by atoms with E-state index < -0.39 is 4.92 Å². The first-order valence-corrected chi connectivity index (χ1v) is 7.83. The molecular weight excluding hydrogens is 310 g/mol. The number of halogens is 1. The van der Waals surface area contributed by atoms with Gasteiger partial charge in [-0.25, -0.2) is 0 Å². The van der Waals surface area contributed by atoms with E-state index in [1.807, 2.05) is 0 Å². The van der Waals surface area contributed by atoms with Gasteiger partial charge in [-0.2, -0.15) is 0 Å². The molecule has 0 aromatic heterocycles. The lowest BCUT2D eigenvalue weighted by molar-refractivity contribution is -0.384. The monoisotopic (exact) mass is 325 g/mol. The Balaban J connectivity index is 1.62. The Bertz CT molecular complexity index is 596. The van der Waals surface area contributed by atoms with Gasteiger partial charge in [-0.05, 0) is 55.4 Å². The Morgan fingerprint density at radius 3 is 2.81 bits per heavy atom. The fourth-order valence-corrected chi connectivity index (χ4v) is 3.94. The summed E-state index contributed by atoms with van der Waals surface area (Å²) in [7, 11) is 0. The van der Waals surface area contributed by atoms with Crippen molar-refractivity contribution in [3.8, 4) is 0 Å². The lowest BCUT2D eigenvalue weighted by Crippen LogP contribution is -2.40. The van der Waals surface area contributed by atoms with Crippen LogP contribution in [0.1, 0.15) is 25.7 Å². The molecule has 3 atom stereocenters. The maximum Gasteiger partial charge on any atom is 0.289 e. The molecule has 0 amide bonds. The molecule has 0 aliphatic heterocycles. The van der Waals surface area contributed by atoms with E-state index in [0.717, 1.165) is 5.92 Å². The molecule has 0 radical (unpaired) electrons. The van der Waals surface area contributed by atoms with Crippen molar-refractivity contribution < 1.29 is 4.92 Å². The quantitative estimate of drug-likeness (QED) is 0.503. The molecule has 2 saturated carbocycles. The van der Waals surface area contributed by atoms with Crippen LogP contribution in [0.4, 0.5) is 11.4 Å². The van der Waals surface area contributed by atoms with Gasteiger partial charge in [-0.15, -0.1) is 0 Å². The van der Waals surface area contributed by atoms with E-state index in [1.54, 1.807) is 6.07 Å². The van der Waals surface area contributed by atoms with E-state index in [0.29, 0.717) is 22.8 Å². The summed E-state index contributed by atoms with van der Waals surface area (Å²) < 4.78 is 0. The van der Waals surface area contributed by atoms with Crippen molar-refractivity contribution in [2.24, 2.45) is 11.8 Å². The summed E-state index contributed by atoms with van der Waals surface area (Å²) in [6.07, 6.45) is 5.09. The second kappa shape index (κ2) is 5.77. The largest absolute Gasteiger partial charge is 0.359 e. The maximum absolute atomic E-state index is 10.9. The first-order valence-electron chi connectivity index (χ1n) is 7.04. The average Bonchev–Trinajstić information content (AvgIpc) is 3.03. The zero-order valence-corrected chi connectivity index (χ0v) is 12.9. The summed E-state index contributed by atoms with van der Waals surface area (Å²) >= 11 is 11.1. The van der Waals surface area contributed by atoms with Crippen molar-refractivity contribution in [2.75, 3.05) is 5.32 Å². The fraction of sp³-hybridized carbons (Fsp3) is 0.500. The van der Waals surface area contributed by atoms with Crippen LogP contribution in [0.2, 0.25) is 5.02 Å². The van der Waals surface area contributed by atoms with Crippen molar-refractivity contribution in [1.82, 2.24) is 5.32 Å². The number of rotatable bonds is 3. The highest BCUT2D eigenvalue weighted by molar-refractivity contribution is 7.80. The lowest BCUT2D eigenvalue weighted by Gasteiger charge is -2.24. The molecule has 21 heavy (non-hydrogen) atoms. The Labute approximate surface area is 133 Å². The molecule has 3 unspecified atom stereocenters. The van der Waals surface area contributed by atoms with Gasteiger partial charge in [0.15, 0.2) is 5.11 Å². The van der Waals surface area contributed by atoms with Gasteiger partial charge in [0.1, 0.15) is 5.02 Å². The highest BCUT2D eigenvalue weighted by atomic mass is 35.5. The number of nitrogens with one attached hydrogen (secondary N) is 2. The Morgan fingerprint density at radius 1 is 1.38 bits per heavy atom. The van der Waals surface area contributed by atoms with Gasteiger partial charge in [0.25, 0.3) is 5.69 Å². The first-order chi connectivity index (χ1) is 10.0. The number of anilines is 1. The number of benzene rings is 1. The van der Waals surface area contributed by atoms with E-state index in [-0.39, 0.29) is 10.7 Å². The molecule has 2 bridgehead atoms. The number of hydrogen-bond donors (Lipinski definition) is 2. The summed E-state index contributed by atoms with van der Waals surface area (Å²) in [4.78, 5) is 10.4. The number of fused-ring (bicyclic) bond motifs is 2. The highest BCUT2D eigenvalue weighted by Crippen LogP contribution is 2.44. The minimum Gasteiger partial charge on any atom is -0.359 e. The Kier molecular flexibility index (Phi) is 3.99. The number of hydrogen-bond acceptors (Lipinski definition) is 3. The number of nitro groups is 1. The lowest BCUT2D eigenvalue weighted by atomic mass is 9.96. The summed E-state index contributed by atoms with van der Waals surface area (Å²) in [5.74, 6) is 1.56. The summed E-state index contributed by atoms with van der Waals surface area (Å²) in [6.45, 7) is 0. The normalized spacial score (nSPS) is 26.6. The van der Waals surface area contributed by atoms with Crippen LogP contribution in [0, 0.1) is 22.0 Å². The van der Waals surface area contributed by atoms with Crippen molar-refractivity contribution in [3.05, 3.63) is 33.3 Å². The van der Waals surface area contributed by atoms with Crippen LogP contribution in [0.25, 0.3) is 0 Å². The van der Waals surface area contributed by atoms with E-state index in [4.69, 9.17) is 23.8 Å². The molecule has 2 aliphatic carbocycles. The average molecular weight is 326 g/mol. The number of nitrogens with zero attached hydrogens (tertiary/aromatic N) is 1. The maximum atomic E-state index is 10.9. The molecule has 2 fully saturated rings. The molecule has 5 nitrogen and oxygen atoms in total. The molecule has 1 aromatic carbocycles. The Hall–Kier alpha value is -1.40. The summed E-state index contributed by atoms with van der Waals surface area (Å²) in [5, 5.41) is 17.9. The third-order valence-electron chi connectivity index (χ3n) is 4.46. The van der Waals surface area contributed by atoms with E-state index in [2.05, 4.69) is 10.6 Å². The molecule has 7 heteroatoms. The van der Waals surface area contributed by atoms with Crippen molar-refractivity contribution in [1.29, 1.82) is 0 Å². The second-order valence-corrected chi connectivity index (χ2v) is 6.62. The number of thiocarbonyl (C=S) groups is 1. The van der Waals surface area contributed by atoms with E-state index in [9.17, 15) is 10.1 Å². The SMILES string of the molecule is O=[N+]([O-])c1cc(NC(=S)NC2CC3CCC2C3)ccc1Cl. The molecule has 2 aliphatic rings. The van der Waals surface area contributed by atoms with Crippen molar-refractivity contribution in [3.63, 3.8) is 0 Å². The van der Waals surface area contributed by atoms with Gasteiger partial charge in [0, 0.05) is 17.8 Å². The molecule has 0 spiro atoms. The first kappa shape index (κ1) is 14.5. The second-order valence-electron chi connectivity index (χ2n) is 5.80. The smallest absolute Gasteiger partial charge is 0.289 e. The Morgan fingerprint density at radius 2 is 2.19 bits per heavy atom. The third-order valence-corrected chi connectivity index (χ3v) is 4.99. The van der Waals surface area contributed by atoms with Gasteiger partial charge in [0.2, 0.25) is 0 Å².